The van der Waals surface area contributed by atoms with Crippen LogP contribution in [0.4, 0.5) is 9.59 Å². The molecule has 3 fully saturated rings. The standard InChI is InChI=1S/C16H25N3O5/c1-16(2,3)24-15(22)18-8-7-17-11(12(18)13(20)23-4)9-19(14(17)21)10-5-6-10/h10-12H,5-9H2,1-4H3/t11-,12+/m0/s1. The first-order valence-electron chi connectivity index (χ1n) is 8.37. The number of urea groups is 1. The molecule has 3 amide bonds. The van der Waals surface area contributed by atoms with Gasteiger partial charge in [-0.1, -0.05) is 0 Å². The molecule has 3 aliphatic rings. The Hall–Kier alpha value is -1.99. The summed E-state index contributed by atoms with van der Waals surface area (Å²) < 4.78 is 10.3. The van der Waals surface area contributed by atoms with Crippen molar-refractivity contribution in [1.82, 2.24) is 14.7 Å². The van der Waals surface area contributed by atoms with Gasteiger partial charge in [0.25, 0.3) is 0 Å². The molecule has 3 rings (SSSR count). The van der Waals surface area contributed by atoms with Gasteiger partial charge in [0.05, 0.1) is 13.2 Å². The predicted molar refractivity (Wildman–Crippen MR) is 84.4 cm³/mol. The zero-order valence-corrected chi connectivity index (χ0v) is 14.7. The fourth-order valence-corrected chi connectivity index (χ4v) is 3.40. The highest BCUT2D eigenvalue weighted by molar-refractivity contribution is 5.86. The van der Waals surface area contributed by atoms with Crippen molar-refractivity contribution in [3.63, 3.8) is 0 Å². The van der Waals surface area contributed by atoms with Crippen molar-refractivity contribution in [1.29, 1.82) is 0 Å². The Morgan fingerprint density at radius 1 is 1.12 bits per heavy atom. The quantitative estimate of drug-likeness (QED) is 0.703. The summed E-state index contributed by atoms with van der Waals surface area (Å²) in [6.07, 6.45) is 1.46. The van der Waals surface area contributed by atoms with Crippen LogP contribution in [0.3, 0.4) is 0 Å². The molecule has 0 aromatic carbocycles. The molecule has 0 N–H and O–H groups in total. The Bertz CT molecular complexity index is 554. The summed E-state index contributed by atoms with van der Waals surface area (Å²) in [6, 6.07) is -0.977. The summed E-state index contributed by atoms with van der Waals surface area (Å²) in [5.74, 6) is -0.513. The van der Waals surface area contributed by atoms with Crippen molar-refractivity contribution in [3.05, 3.63) is 0 Å². The van der Waals surface area contributed by atoms with Gasteiger partial charge >= 0.3 is 18.1 Å². The molecule has 134 valence electrons. The summed E-state index contributed by atoms with van der Waals surface area (Å²) in [5, 5.41) is 0. The molecule has 8 heteroatoms. The molecular formula is C16H25N3O5. The van der Waals surface area contributed by atoms with Crippen molar-refractivity contribution in [2.75, 3.05) is 26.7 Å². The number of fused-ring (bicyclic) bond motifs is 1. The van der Waals surface area contributed by atoms with E-state index in [0.717, 1.165) is 12.8 Å². The lowest BCUT2D eigenvalue weighted by Gasteiger charge is -2.42. The lowest BCUT2D eigenvalue weighted by Crippen LogP contribution is -2.63. The van der Waals surface area contributed by atoms with Gasteiger partial charge in [-0.3, -0.25) is 4.90 Å². The number of ether oxygens (including phenoxy) is 2. The normalized spacial score (nSPS) is 27.2. The number of rotatable bonds is 2. The van der Waals surface area contributed by atoms with Gasteiger partial charge < -0.3 is 19.3 Å². The van der Waals surface area contributed by atoms with Crippen LogP contribution in [0.1, 0.15) is 33.6 Å². The first kappa shape index (κ1) is 16.9. The first-order valence-corrected chi connectivity index (χ1v) is 8.37. The summed E-state index contributed by atoms with van der Waals surface area (Å²) in [6.45, 7) is 6.45. The van der Waals surface area contributed by atoms with E-state index in [1.54, 1.807) is 25.7 Å². The maximum atomic E-state index is 12.5. The van der Waals surface area contributed by atoms with Gasteiger partial charge in [0.15, 0.2) is 6.04 Å². The Morgan fingerprint density at radius 3 is 2.33 bits per heavy atom. The number of piperazine rings is 1. The molecule has 2 heterocycles. The van der Waals surface area contributed by atoms with Crippen LogP contribution in [0, 0.1) is 0 Å². The van der Waals surface area contributed by atoms with Gasteiger partial charge in [-0.15, -0.1) is 0 Å². The Balaban J connectivity index is 1.83. The van der Waals surface area contributed by atoms with Gasteiger partial charge in [-0.25, -0.2) is 14.4 Å². The molecule has 8 nitrogen and oxygen atoms in total. The highest BCUT2D eigenvalue weighted by Crippen LogP contribution is 2.35. The number of amides is 3. The topological polar surface area (TPSA) is 79.4 Å². The van der Waals surface area contributed by atoms with Crippen LogP contribution in [0.5, 0.6) is 0 Å². The highest BCUT2D eigenvalue weighted by Gasteiger charge is 2.54. The zero-order chi connectivity index (χ0) is 17.6. The summed E-state index contributed by atoms with van der Waals surface area (Å²) in [5.41, 5.74) is -0.652. The fourth-order valence-electron chi connectivity index (χ4n) is 3.40. The highest BCUT2D eigenvalue weighted by atomic mass is 16.6. The van der Waals surface area contributed by atoms with Gasteiger partial charge in [-0.05, 0) is 33.6 Å². The molecule has 0 radical (unpaired) electrons. The largest absolute Gasteiger partial charge is 0.467 e. The molecule has 1 saturated carbocycles. The van der Waals surface area contributed by atoms with Gasteiger partial charge in [0.2, 0.25) is 0 Å². The predicted octanol–water partition coefficient (Wildman–Crippen LogP) is 1.05. The second-order valence-corrected chi connectivity index (χ2v) is 7.57. The van der Waals surface area contributed by atoms with Crippen molar-refractivity contribution >= 4 is 18.1 Å². The molecule has 2 saturated heterocycles. The van der Waals surface area contributed by atoms with Crippen molar-refractivity contribution in [2.24, 2.45) is 0 Å². The monoisotopic (exact) mass is 339 g/mol. The molecule has 0 bridgehead atoms. The minimum Gasteiger partial charge on any atom is -0.467 e. The number of hydrogen-bond donors (Lipinski definition) is 0. The minimum atomic E-state index is -0.828. The second kappa shape index (κ2) is 5.82. The van der Waals surface area contributed by atoms with E-state index in [1.165, 1.54) is 12.0 Å². The molecule has 2 atom stereocenters. The number of carbonyl (C=O) groups excluding carboxylic acids is 3. The Kier molecular flexibility index (Phi) is 4.09. The lowest BCUT2D eigenvalue weighted by atomic mass is 10.0. The van der Waals surface area contributed by atoms with E-state index in [-0.39, 0.29) is 24.7 Å². The SMILES string of the molecule is COC(=O)[C@H]1[C@@H]2CN(C3CC3)C(=O)N2CCN1C(=O)OC(C)(C)C. The van der Waals surface area contributed by atoms with Crippen LogP contribution in [0.2, 0.25) is 0 Å². The third-order valence-electron chi connectivity index (χ3n) is 4.62. The summed E-state index contributed by atoms with van der Waals surface area (Å²) >= 11 is 0. The van der Waals surface area contributed by atoms with Crippen molar-refractivity contribution < 1.29 is 23.9 Å². The number of methoxy groups -OCH3 is 1. The number of nitrogens with zero attached hydrogens (tertiary/aromatic N) is 3. The molecule has 2 aliphatic heterocycles. The van der Waals surface area contributed by atoms with E-state index < -0.39 is 23.7 Å². The molecule has 1 aliphatic carbocycles. The van der Waals surface area contributed by atoms with Crippen LogP contribution >= 0.6 is 0 Å². The Morgan fingerprint density at radius 2 is 1.79 bits per heavy atom. The van der Waals surface area contributed by atoms with E-state index in [4.69, 9.17) is 9.47 Å². The fraction of sp³-hybridized carbons (Fsp3) is 0.812. The summed E-state index contributed by atoms with van der Waals surface area (Å²) in [7, 11) is 1.30. The van der Waals surface area contributed by atoms with Crippen LogP contribution in [-0.2, 0) is 14.3 Å². The van der Waals surface area contributed by atoms with Crippen LogP contribution in [0.15, 0.2) is 0 Å². The maximum Gasteiger partial charge on any atom is 0.411 e. The van der Waals surface area contributed by atoms with Gasteiger partial charge in [0.1, 0.15) is 5.60 Å². The third kappa shape index (κ3) is 3.01. The molecule has 0 unspecified atom stereocenters. The first-order chi connectivity index (χ1) is 11.2. The van der Waals surface area contributed by atoms with Crippen molar-refractivity contribution in [2.45, 2.75) is 57.3 Å². The van der Waals surface area contributed by atoms with E-state index in [0.29, 0.717) is 13.1 Å². The number of hydrogen-bond acceptors (Lipinski definition) is 5. The second-order valence-electron chi connectivity index (χ2n) is 7.57. The van der Waals surface area contributed by atoms with Crippen LogP contribution in [-0.4, -0.2) is 83.3 Å². The van der Waals surface area contributed by atoms with E-state index in [1.807, 2.05) is 4.90 Å². The molecule has 0 spiro atoms. The zero-order valence-electron chi connectivity index (χ0n) is 14.7. The Labute approximate surface area is 141 Å². The minimum absolute atomic E-state index is 0.0414. The van der Waals surface area contributed by atoms with Crippen molar-refractivity contribution in [3.8, 4) is 0 Å². The average molecular weight is 339 g/mol. The lowest BCUT2D eigenvalue weighted by molar-refractivity contribution is -0.150. The average Bonchev–Trinajstić information content (AvgIpc) is 3.28. The number of esters is 1. The van der Waals surface area contributed by atoms with Gasteiger partial charge in [-0.2, -0.15) is 0 Å². The molecule has 24 heavy (non-hydrogen) atoms. The number of carbonyl (C=O) groups is 3. The molecular weight excluding hydrogens is 314 g/mol. The molecule has 0 aromatic heterocycles. The van der Waals surface area contributed by atoms with E-state index in [2.05, 4.69) is 0 Å². The summed E-state index contributed by atoms with van der Waals surface area (Å²) in [4.78, 5) is 42.3. The maximum absolute atomic E-state index is 12.5. The van der Waals surface area contributed by atoms with E-state index in [9.17, 15) is 14.4 Å². The third-order valence-corrected chi connectivity index (χ3v) is 4.62. The van der Waals surface area contributed by atoms with Crippen LogP contribution < -0.4 is 0 Å². The van der Waals surface area contributed by atoms with E-state index >= 15 is 0 Å². The molecule has 0 aromatic rings. The van der Waals surface area contributed by atoms with Gasteiger partial charge in [0, 0.05) is 25.7 Å². The smallest absolute Gasteiger partial charge is 0.411 e. The van der Waals surface area contributed by atoms with Crippen LogP contribution in [0.25, 0.3) is 0 Å².